The molecule has 1 aliphatic carbocycles. The second-order valence-electron chi connectivity index (χ2n) is 9.32. The smallest absolute Gasteiger partial charge is 0.326 e. The maximum Gasteiger partial charge on any atom is 0.326 e. The highest BCUT2D eigenvalue weighted by atomic mass is 35.5. The van der Waals surface area contributed by atoms with E-state index in [1.165, 1.54) is 0 Å². The number of fused-ring (bicyclic) bond motifs is 1. The van der Waals surface area contributed by atoms with Crippen molar-refractivity contribution >= 4 is 52.6 Å². The highest BCUT2D eigenvalue weighted by Crippen LogP contribution is 2.31. The molecule has 2 aromatic heterocycles. The molecule has 4 heterocycles. The zero-order valence-electron chi connectivity index (χ0n) is 20.5. The minimum atomic E-state index is -0.561. The average molecular weight is 539 g/mol. The number of ether oxygens (including phenoxy) is 2. The summed E-state index contributed by atoms with van der Waals surface area (Å²) >= 11 is 6.52. The third-order valence-corrected chi connectivity index (χ3v) is 6.72. The Hall–Kier alpha value is -3.87. The van der Waals surface area contributed by atoms with Crippen LogP contribution in [0.5, 0.6) is 5.75 Å². The van der Waals surface area contributed by atoms with E-state index in [0.29, 0.717) is 40.4 Å². The average Bonchev–Trinajstić information content (AvgIpc) is 3.54. The zero-order chi connectivity index (χ0) is 26.1. The van der Waals surface area contributed by atoms with Crippen LogP contribution in [0.25, 0.3) is 11.7 Å². The Morgan fingerprint density at radius 1 is 1.18 bits per heavy atom. The van der Waals surface area contributed by atoms with Gasteiger partial charge in [0.2, 0.25) is 0 Å². The lowest BCUT2D eigenvalue weighted by atomic mass is 10.2. The van der Waals surface area contributed by atoms with Crippen molar-refractivity contribution in [2.45, 2.75) is 18.9 Å². The van der Waals surface area contributed by atoms with E-state index in [-0.39, 0.29) is 5.70 Å². The van der Waals surface area contributed by atoms with E-state index in [1.54, 1.807) is 22.9 Å². The van der Waals surface area contributed by atoms with Gasteiger partial charge in [-0.1, -0.05) is 11.6 Å². The van der Waals surface area contributed by atoms with Gasteiger partial charge in [0.1, 0.15) is 29.7 Å². The van der Waals surface area contributed by atoms with Crippen LogP contribution in [0.15, 0.2) is 36.2 Å². The Kier molecular flexibility index (Phi) is 6.75. The Morgan fingerprint density at radius 3 is 2.76 bits per heavy atom. The van der Waals surface area contributed by atoms with Gasteiger partial charge in [-0.25, -0.2) is 9.78 Å². The van der Waals surface area contributed by atoms with E-state index in [0.717, 1.165) is 57.2 Å². The van der Waals surface area contributed by atoms with Crippen LogP contribution in [0.4, 0.5) is 22.1 Å². The fourth-order valence-corrected chi connectivity index (χ4v) is 4.51. The third kappa shape index (κ3) is 5.52. The second-order valence-corrected chi connectivity index (χ2v) is 9.73. The van der Waals surface area contributed by atoms with Crippen molar-refractivity contribution in [1.82, 2.24) is 30.1 Å². The number of imide groups is 1. The molecule has 12 nitrogen and oxygen atoms in total. The predicted octanol–water partition coefficient (Wildman–Crippen LogP) is 2.59. The van der Waals surface area contributed by atoms with E-state index in [9.17, 15) is 9.59 Å². The fraction of sp³-hybridized carbons (Fsp3) is 0.360. The highest BCUT2D eigenvalue weighted by molar-refractivity contribution is 6.32. The van der Waals surface area contributed by atoms with Gasteiger partial charge in [0.15, 0.2) is 5.65 Å². The van der Waals surface area contributed by atoms with E-state index in [4.69, 9.17) is 26.1 Å². The summed E-state index contributed by atoms with van der Waals surface area (Å²) in [6.45, 7) is 4.68. The Bertz CT molecular complexity index is 1410. The Morgan fingerprint density at radius 2 is 2.03 bits per heavy atom. The maximum absolute atomic E-state index is 12.0. The Balaban J connectivity index is 1.21. The molecular formula is C25H27ClN8O4. The summed E-state index contributed by atoms with van der Waals surface area (Å²) in [6.07, 6.45) is 5.33. The summed E-state index contributed by atoms with van der Waals surface area (Å²) in [5.74, 6) is 1.45. The van der Waals surface area contributed by atoms with Gasteiger partial charge in [0.25, 0.3) is 5.91 Å². The van der Waals surface area contributed by atoms with Gasteiger partial charge < -0.3 is 25.4 Å². The van der Waals surface area contributed by atoms with Gasteiger partial charge >= 0.3 is 6.03 Å². The standard InChI is InChI=1S/C25H27ClN8O4/c26-18-12-17(3-4-20(18)38-10-7-33-5-8-37-9-6-33)28-21-13-22(29-16-1-2-16)34-23(31-21)15(14-27-34)11-19-24(35)32-25(36)30-19/h3-4,11-14,16,29H,1-2,5-10H2,(H,28,31)(H2,30,32,35,36)/b19-11-. The molecule has 0 unspecified atom stereocenters. The summed E-state index contributed by atoms with van der Waals surface area (Å²) in [5, 5.41) is 16.4. The van der Waals surface area contributed by atoms with Crippen molar-refractivity contribution < 1.29 is 19.1 Å². The fourth-order valence-electron chi connectivity index (χ4n) is 4.28. The number of halogens is 1. The molecule has 198 valence electrons. The Labute approximate surface area is 223 Å². The number of aromatic nitrogens is 3. The van der Waals surface area contributed by atoms with Gasteiger partial charge in [-0.05, 0) is 37.1 Å². The molecule has 13 heteroatoms. The number of anilines is 3. The summed E-state index contributed by atoms with van der Waals surface area (Å²) in [5.41, 5.74) is 1.99. The van der Waals surface area contributed by atoms with Crippen molar-refractivity contribution in [1.29, 1.82) is 0 Å². The largest absolute Gasteiger partial charge is 0.491 e. The first-order valence-corrected chi connectivity index (χ1v) is 12.9. The van der Waals surface area contributed by atoms with Crippen LogP contribution in [0.3, 0.4) is 0 Å². The summed E-state index contributed by atoms with van der Waals surface area (Å²) in [4.78, 5) is 30.6. The topological polar surface area (TPSA) is 134 Å². The number of morpholine rings is 1. The molecule has 1 saturated carbocycles. The molecule has 0 bridgehead atoms. The van der Waals surface area contributed by atoms with E-state index in [1.807, 2.05) is 18.2 Å². The number of rotatable bonds is 9. The minimum Gasteiger partial charge on any atom is -0.491 e. The van der Waals surface area contributed by atoms with E-state index >= 15 is 0 Å². The molecular weight excluding hydrogens is 512 g/mol. The highest BCUT2D eigenvalue weighted by Gasteiger charge is 2.25. The maximum atomic E-state index is 12.0. The summed E-state index contributed by atoms with van der Waals surface area (Å²) in [7, 11) is 0. The summed E-state index contributed by atoms with van der Waals surface area (Å²) in [6, 6.07) is 7.20. The molecule has 3 fully saturated rings. The van der Waals surface area contributed by atoms with Gasteiger partial charge in [-0.15, -0.1) is 0 Å². The van der Waals surface area contributed by atoms with Crippen molar-refractivity contribution in [3.05, 3.63) is 46.7 Å². The number of benzene rings is 1. The number of carbonyl (C=O) groups is 2. The van der Waals surface area contributed by atoms with Crippen molar-refractivity contribution in [2.75, 3.05) is 50.1 Å². The van der Waals surface area contributed by atoms with Crippen LogP contribution < -0.4 is 26.0 Å². The van der Waals surface area contributed by atoms with Crippen LogP contribution in [0.2, 0.25) is 5.02 Å². The number of urea groups is 1. The van der Waals surface area contributed by atoms with Gasteiger partial charge in [0.05, 0.1) is 24.4 Å². The van der Waals surface area contributed by atoms with Crippen molar-refractivity contribution in [2.24, 2.45) is 0 Å². The van der Waals surface area contributed by atoms with Crippen LogP contribution >= 0.6 is 11.6 Å². The SMILES string of the molecule is O=C1NC(=O)/C(=C/c2cnn3c(NC4CC4)cc(Nc4ccc(OCCN5CCOCC5)c(Cl)c4)nc23)N1. The number of hydrogen-bond donors (Lipinski definition) is 4. The van der Waals surface area contributed by atoms with Crippen molar-refractivity contribution in [3.8, 4) is 5.75 Å². The first kappa shape index (κ1) is 24.5. The molecule has 3 amide bonds. The normalized spacial score (nSPS) is 19.0. The monoisotopic (exact) mass is 538 g/mol. The summed E-state index contributed by atoms with van der Waals surface area (Å²) < 4.78 is 13.0. The molecule has 2 aliphatic heterocycles. The molecule has 0 radical (unpaired) electrons. The van der Waals surface area contributed by atoms with Crippen LogP contribution in [-0.4, -0.2) is 76.9 Å². The molecule has 0 atom stereocenters. The lowest BCUT2D eigenvalue weighted by Crippen LogP contribution is -2.38. The number of amides is 3. The zero-order valence-corrected chi connectivity index (χ0v) is 21.3. The molecule has 0 spiro atoms. The second kappa shape index (κ2) is 10.5. The molecule has 3 aliphatic rings. The number of hydrogen-bond acceptors (Lipinski definition) is 9. The first-order valence-electron chi connectivity index (χ1n) is 12.5. The van der Waals surface area contributed by atoms with Crippen LogP contribution in [0.1, 0.15) is 18.4 Å². The first-order chi connectivity index (χ1) is 18.5. The lowest BCUT2D eigenvalue weighted by molar-refractivity contribution is -0.115. The van der Waals surface area contributed by atoms with Gasteiger partial charge in [0, 0.05) is 43.0 Å². The van der Waals surface area contributed by atoms with Crippen molar-refractivity contribution in [3.63, 3.8) is 0 Å². The molecule has 3 aromatic rings. The minimum absolute atomic E-state index is 0.137. The number of nitrogens with one attached hydrogen (secondary N) is 4. The van der Waals surface area contributed by atoms with E-state index in [2.05, 4.69) is 31.3 Å². The molecule has 6 rings (SSSR count). The molecule has 38 heavy (non-hydrogen) atoms. The molecule has 1 aromatic carbocycles. The lowest BCUT2D eigenvalue weighted by Gasteiger charge is -2.26. The quantitative estimate of drug-likeness (QED) is 0.239. The number of carbonyl (C=O) groups excluding carboxylic acids is 2. The third-order valence-electron chi connectivity index (χ3n) is 6.42. The van der Waals surface area contributed by atoms with Crippen LogP contribution in [-0.2, 0) is 9.53 Å². The van der Waals surface area contributed by atoms with E-state index < -0.39 is 11.9 Å². The molecule has 2 saturated heterocycles. The predicted molar refractivity (Wildman–Crippen MR) is 142 cm³/mol. The molecule has 4 N–H and O–H groups in total. The van der Waals surface area contributed by atoms with Gasteiger partial charge in [-0.2, -0.15) is 9.61 Å². The van der Waals surface area contributed by atoms with Gasteiger partial charge in [-0.3, -0.25) is 15.0 Å². The van der Waals surface area contributed by atoms with Crippen LogP contribution in [0, 0.1) is 0 Å². The number of nitrogens with zero attached hydrogens (tertiary/aromatic N) is 4.